The van der Waals surface area contributed by atoms with Crippen molar-refractivity contribution < 1.29 is 18.3 Å². The van der Waals surface area contributed by atoms with E-state index in [0.717, 1.165) is 17.5 Å². The third-order valence-electron chi connectivity index (χ3n) is 4.45. The van der Waals surface area contributed by atoms with Crippen LogP contribution in [0.4, 0.5) is 0 Å². The second kappa shape index (κ2) is 10.4. The number of sulfonamides is 1. The molecular weight excluding hydrogens is 362 g/mol. The Morgan fingerprint density at radius 1 is 1.11 bits per heavy atom. The lowest BCUT2D eigenvalue weighted by molar-refractivity contribution is 0.273. The van der Waals surface area contributed by atoms with Gasteiger partial charge < -0.3 is 9.84 Å². The molecule has 0 spiro atoms. The van der Waals surface area contributed by atoms with Crippen molar-refractivity contribution in [3.05, 3.63) is 59.7 Å². The maximum absolute atomic E-state index is 12.6. The SMILES string of the molecule is CCCOc1ccc(S(=O)(=O)NCCC(CCO)c2ccccc2)cc1C. The van der Waals surface area contributed by atoms with Gasteiger partial charge in [0.2, 0.25) is 10.0 Å². The lowest BCUT2D eigenvalue weighted by atomic mass is 9.93. The molecule has 148 valence electrons. The van der Waals surface area contributed by atoms with Gasteiger partial charge in [0.05, 0.1) is 11.5 Å². The maximum Gasteiger partial charge on any atom is 0.240 e. The molecule has 0 radical (unpaired) electrons. The topological polar surface area (TPSA) is 75.6 Å². The zero-order valence-electron chi connectivity index (χ0n) is 16.0. The maximum atomic E-state index is 12.6. The van der Waals surface area contributed by atoms with Crippen LogP contribution >= 0.6 is 0 Å². The van der Waals surface area contributed by atoms with E-state index in [1.54, 1.807) is 18.2 Å². The number of aliphatic hydroxyl groups is 1. The molecule has 0 amide bonds. The highest BCUT2D eigenvalue weighted by atomic mass is 32.2. The molecule has 0 aliphatic rings. The van der Waals surface area contributed by atoms with Crippen LogP contribution in [0.5, 0.6) is 5.75 Å². The summed E-state index contributed by atoms with van der Waals surface area (Å²) in [5.74, 6) is 0.827. The number of benzene rings is 2. The van der Waals surface area contributed by atoms with E-state index in [1.807, 2.05) is 44.2 Å². The fourth-order valence-corrected chi connectivity index (χ4v) is 4.10. The number of ether oxygens (including phenoxy) is 1. The highest BCUT2D eigenvalue weighted by Gasteiger charge is 2.17. The number of hydrogen-bond acceptors (Lipinski definition) is 4. The Labute approximate surface area is 162 Å². The summed E-state index contributed by atoms with van der Waals surface area (Å²) in [6.45, 7) is 4.87. The van der Waals surface area contributed by atoms with E-state index < -0.39 is 10.0 Å². The van der Waals surface area contributed by atoms with Crippen molar-refractivity contribution in [3.63, 3.8) is 0 Å². The molecule has 2 N–H and O–H groups in total. The minimum absolute atomic E-state index is 0.0741. The van der Waals surface area contributed by atoms with Crippen LogP contribution < -0.4 is 9.46 Å². The summed E-state index contributed by atoms with van der Waals surface area (Å²) in [4.78, 5) is 0.238. The number of aryl methyl sites for hydroxylation is 1. The van der Waals surface area contributed by atoms with Crippen LogP contribution in [0.2, 0.25) is 0 Å². The first-order valence-corrected chi connectivity index (χ1v) is 10.8. The number of nitrogens with one attached hydrogen (secondary N) is 1. The van der Waals surface area contributed by atoms with E-state index in [0.29, 0.717) is 31.7 Å². The van der Waals surface area contributed by atoms with Crippen LogP contribution in [-0.2, 0) is 10.0 Å². The van der Waals surface area contributed by atoms with Crippen molar-refractivity contribution >= 4 is 10.0 Å². The summed E-state index contributed by atoms with van der Waals surface area (Å²) in [5, 5.41) is 9.30. The molecule has 2 aromatic carbocycles. The Kier molecular flexibility index (Phi) is 8.28. The van der Waals surface area contributed by atoms with Gasteiger partial charge in [-0.25, -0.2) is 13.1 Å². The van der Waals surface area contributed by atoms with Gasteiger partial charge >= 0.3 is 0 Å². The lowest BCUT2D eigenvalue weighted by Gasteiger charge is -2.17. The lowest BCUT2D eigenvalue weighted by Crippen LogP contribution is -2.26. The van der Waals surface area contributed by atoms with E-state index in [2.05, 4.69) is 4.72 Å². The van der Waals surface area contributed by atoms with Gasteiger partial charge in [0.1, 0.15) is 5.75 Å². The molecule has 2 aromatic rings. The Balaban J connectivity index is 2.00. The van der Waals surface area contributed by atoms with Crippen molar-refractivity contribution in [2.24, 2.45) is 0 Å². The first kappa shape index (κ1) is 21.4. The Morgan fingerprint density at radius 2 is 1.85 bits per heavy atom. The van der Waals surface area contributed by atoms with Crippen molar-refractivity contribution in [2.75, 3.05) is 19.8 Å². The van der Waals surface area contributed by atoms with Crippen LogP contribution in [0.1, 0.15) is 43.2 Å². The van der Waals surface area contributed by atoms with Gasteiger partial charge in [-0.2, -0.15) is 0 Å². The summed E-state index contributed by atoms with van der Waals surface area (Å²) in [6, 6.07) is 14.8. The van der Waals surface area contributed by atoms with E-state index in [9.17, 15) is 13.5 Å². The first-order chi connectivity index (χ1) is 13.0. The molecule has 27 heavy (non-hydrogen) atoms. The first-order valence-electron chi connectivity index (χ1n) is 9.37. The fraction of sp³-hybridized carbons (Fsp3) is 0.429. The minimum Gasteiger partial charge on any atom is -0.493 e. The van der Waals surface area contributed by atoms with Crippen LogP contribution in [0, 0.1) is 6.92 Å². The summed E-state index contributed by atoms with van der Waals surface area (Å²) in [6.07, 6.45) is 2.13. The predicted octanol–water partition coefficient (Wildman–Crippen LogP) is 3.62. The van der Waals surface area contributed by atoms with E-state index in [1.165, 1.54) is 0 Å². The predicted molar refractivity (Wildman–Crippen MR) is 108 cm³/mol. The highest BCUT2D eigenvalue weighted by molar-refractivity contribution is 7.89. The molecule has 0 aromatic heterocycles. The third-order valence-corrected chi connectivity index (χ3v) is 5.91. The highest BCUT2D eigenvalue weighted by Crippen LogP contribution is 2.24. The Hall–Kier alpha value is -1.89. The van der Waals surface area contributed by atoms with Crippen LogP contribution in [0.25, 0.3) is 0 Å². The van der Waals surface area contributed by atoms with Gasteiger partial charge in [-0.1, -0.05) is 37.3 Å². The van der Waals surface area contributed by atoms with Gasteiger partial charge in [0, 0.05) is 13.2 Å². The molecule has 6 heteroatoms. The largest absolute Gasteiger partial charge is 0.493 e. The molecule has 2 rings (SSSR count). The quantitative estimate of drug-likeness (QED) is 0.613. The molecular formula is C21H29NO4S. The van der Waals surface area contributed by atoms with Crippen LogP contribution in [-0.4, -0.2) is 33.3 Å². The molecule has 0 saturated carbocycles. The summed E-state index contributed by atoms with van der Waals surface area (Å²) >= 11 is 0. The van der Waals surface area contributed by atoms with Crippen molar-refractivity contribution in [1.29, 1.82) is 0 Å². The smallest absolute Gasteiger partial charge is 0.240 e. The average molecular weight is 392 g/mol. The molecule has 0 bridgehead atoms. The zero-order chi connectivity index (χ0) is 19.7. The fourth-order valence-electron chi connectivity index (χ4n) is 2.97. The van der Waals surface area contributed by atoms with Gasteiger partial charge in [0.25, 0.3) is 0 Å². The van der Waals surface area contributed by atoms with Gasteiger partial charge in [-0.05, 0) is 61.4 Å². The van der Waals surface area contributed by atoms with Crippen molar-refractivity contribution in [3.8, 4) is 5.75 Å². The van der Waals surface area contributed by atoms with E-state index in [-0.39, 0.29) is 17.4 Å². The van der Waals surface area contributed by atoms with E-state index >= 15 is 0 Å². The third kappa shape index (κ3) is 6.34. The summed E-state index contributed by atoms with van der Waals surface area (Å²) in [7, 11) is -3.58. The monoisotopic (exact) mass is 391 g/mol. The molecule has 0 fully saturated rings. The zero-order valence-corrected chi connectivity index (χ0v) is 16.8. The number of hydrogen-bond donors (Lipinski definition) is 2. The second-order valence-electron chi connectivity index (χ2n) is 6.58. The summed E-state index contributed by atoms with van der Waals surface area (Å²) < 4.78 is 33.4. The molecule has 0 saturated heterocycles. The van der Waals surface area contributed by atoms with Gasteiger partial charge in [0.15, 0.2) is 0 Å². The second-order valence-corrected chi connectivity index (χ2v) is 8.35. The summed E-state index contributed by atoms with van der Waals surface area (Å²) in [5.41, 5.74) is 1.91. The van der Waals surface area contributed by atoms with Crippen LogP contribution in [0.3, 0.4) is 0 Å². The molecule has 5 nitrogen and oxygen atoms in total. The standard InChI is InChI=1S/C21H29NO4S/c1-3-15-26-21-10-9-20(16-17(21)2)27(24,25)22-13-11-19(12-14-23)18-7-5-4-6-8-18/h4-10,16,19,22-23H,3,11-15H2,1-2H3. The minimum atomic E-state index is -3.58. The average Bonchev–Trinajstić information content (AvgIpc) is 2.67. The molecule has 0 heterocycles. The number of aliphatic hydroxyl groups excluding tert-OH is 1. The van der Waals surface area contributed by atoms with Crippen LogP contribution in [0.15, 0.2) is 53.4 Å². The van der Waals surface area contributed by atoms with Crippen molar-refractivity contribution in [1.82, 2.24) is 4.72 Å². The molecule has 1 unspecified atom stereocenters. The van der Waals surface area contributed by atoms with Gasteiger partial charge in [-0.3, -0.25) is 0 Å². The van der Waals surface area contributed by atoms with E-state index in [4.69, 9.17) is 4.74 Å². The normalized spacial score (nSPS) is 12.7. The van der Waals surface area contributed by atoms with Crippen molar-refractivity contribution in [2.45, 2.75) is 43.9 Å². The molecule has 0 aliphatic carbocycles. The molecule has 1 atom stereocenters. The van der Waals surface area contributed by atoms with Gasteiger partial charge in [-0.15, -0.1) is 0 Å². The number of rotatable bonds is 11. The molecule has 0 aliphatic heterocycles. The Morgan fingerprint density at radius 3 is 2.48 bits per heavy atom. The Bertz CT molecular complexity index is 806.